The molecule has 2 fully saturated rings. The molecule has 2 amide bonds. The molecule has 0 saturated carbocycles. The van der Waals surface area contributed by atoms with E-state index in [2.05, 4.69) is 4.90 Å². The molecule has 2 heterocycles. The van der Waals surface area contributed by atoms with E-state index < -0.39 is 0 Å². The van der Waals surface area contributed by atoms with Gasteiger partial charge in [0.2, 0.25) is 0 Å². The average Bonchev–Trinajstić information content (AvgIpc) is 3.07. The lowest BCUT2D eigenvalue weighted by atomic mass is 10.0. The predicted octanol–water partition coefficient (Wildman–Crippen LogP) is 6.21. The second-order valence-electron chi connectivity index (χ2n) is 8.16. The van der Waals surface area contributed by atoms with Crippen molar-refractivity contribution in [3.8, 4) is 0 Å². The minimum absolute atomic E-state index is 0.214. The summed E-state index contributed by atoms with van der Waals surface area (Å²) in [6.45, 7) is 1.94. The van der Waals surface area contributed by atoms with Gasteiger partial charge in [-0.05, 0) is 71.1 Å². The lowest BCUT2D eigenvalue weighted by Gasteiger charge is -2.29. The third-order valence-electron chi connectivity index (χ3n) is 6.05. The van der Waals surface area contributed by atoms with Crippen molar-refractivity contribution in [2.24, 2.45) is 0 Å². The van der Waals surface area contributed by atoms with Crippen LogP contribution in [0.4, 0.5) is 14.9 Å². The van der Waals surface area contributed by atoms with E-state index in [1.807, 2.05) is 48.5 Å². The Hall–Kier alpha value is -3.12. The number of fused-ring (bicyclic) bond motifs is 1. The molecule has 0 aromatic heterocycles. The number of hydrogen-bond acceptors (Lipinski definition) is 4. The number of carbonyl (C=O) groups excluding carboxylic acids is 2. The van der Waals surface area contributed by atoms with E-state index in [1.165, 1.54) is 17.4 Å². The molecule has 0 atom stereocenters. The molecule has 0 radical (unpaired) electrons. The summed E-state index contributed by atoms with van der Waals surface area (Å²) in [6, 6.07) is 18.8. The first-order valence-electron chi connectivity index (χ1n) is 10.9. The van der Waals surface area contributed by atoms with Gasteiger partial charge in [0.25, 0.3) is 11.1 Å². The van der Waals surface area contributed by atoms with Crippen molar-refractivity contribution in [1.29, 1.82) is 0 Å². The minimum Gasteiger partial charge on any atom is -0.369 e. The number of amides is 2. The molecule has 2 aliphatic heterocycles. The summed E-state index contributed by atoms with van der Waals surface area (Å²) >= 11 is 0.905. The van der Waals surface area contributed by atoms with Crippen LogP contribution in [0.25, 0.3) is 16.8 Å². The molecule has 0 N–H and O–H groups in total. The van der Waals surface area contributed by atoms with Gasteiger partial charge in [0.1, 0.15) is 5.82 Å². The van der Waals surface area contributed by atoms with Crippen LogP contribution in [0.2, 0.25) is 0 Å². The number of benzene rings is 3. The second-order valence-corrected chi connectivity index (χ2v) is 9.16. The first-order chi connectivity index (χ1) is 15.6. The maximum atomic E-state index is 14.8. The summed E-state index contributed by atoms with van der Waals surface area (Å²) in [5, 5.41) is 1.78. The Kier molecular flexibility index (Phi) is 5.70. The van der Waals surface area contributed by atoms with Gasteiger partial charge < -0.3 is 4.90 Å². The summed E-state index contributed by atoms with van der Waals surface area (Å²) in [6.07, 6.45) is 4.94. The van der Waals surface area contributed by atoms with Gasteiger partial charge in [0.05, 0.1) is 17.1 Å². The van der Waals surface area contributed by atoms with Gasteiger partial charge in [0.15, 0.2) is 0 Å². The maximum Gasteiger partial charge on any atom is 0.293 e. The van der Waals surface area contributed by atoms with Crippen LogP contribution in [0, 0.1) is 5.82 Å². The molecule has 4 nitrogen and oxygen atoms in total. The number of rotatable bonds is 4. The number of nitrogens with zero attached hydrogens (tertiary/aromatic N) is 2. The predicted molar refractivity (Wildman–Crippen MR) is 128 cm³/mol. The Morgan fingerprint density at radius 1 is 0.938 bits per heavy atom. The third-order valence-corrected chi connectivity index (χ3v) is 6.96. The van der Waals surface area contributed by atoms with E-state index in [0.29, 0.717) is 16.2 Å². The molecule has 5 rings (SSSR count). The smallest absolute Gasteiger partial charge is 0.293 e. The SMILES string of the molecule is O=C1S/C(=C/c2ccc(N3CCCCC3)c(F)c2)C(=O)N1Cc1cccc2ccccc12. The van der Waals surface area contributed by atoms with Gasteiger partial charge >= 0.3 is 0 Å². The molecule has 3 aromatic rings. The van der Waals surface area contributed by atoms with Crippen LogP contribution in [0.1, 0.15) is 30.4 Å². The number of imide groups is 1. The van der Waals surface area contributed by atoms with Crippen LogP contribution in [-0.4, -0.2) is 29.1 Å². The number of halogens is 1. The number of thioether (sulfide) groups is 1. The summed E-state index contributed by atoms with van der Waals surface area (Å²) in [4.78, 5) is 29.2. The van der Waals surface area contributed by atoms with Crippen LogP contribution in [-0.2, 0) is 11.3 Å². The summed E-state index contributed by atoms with van der Waals surface area (Å²) in [5.74, 6) is -0.635. The van der Waals surface area contributed by atoms with Crippen molar-refractivity contribution in [1.82, 2.24) is 4.90 Å². The Morgan fingerprint density at radius 2 is 1.72 bits per heavy atom. The van der Waals surface area contributed by atoms with Crippen LogP contribution in [0.3, 0.4) is 0 Å². The average molecular weight is 447 g/mol. The van der Waals surface area contributed by atoms with Crippen LogP contribution >= 0.6 is 11.8 Å². The van der Waals surface area contributed by atoms with E-state index >= 15 is 0 Å². The molecule has 6 heteroatoms. The zero-order valence-corrected chi connectivity index (χ0v) is 18.4. The molecule has 0 bridgehead atoms. The topological polar surface area (TPSA) is 40.6 Å². The van der Waals surface area contributed by atoms with E-state index in [9.17, 15) is 14.0 Å². The maximum absolute atomic E-state index is 14.8. The fourth-order valence-corrected chi connectivity index (χ4v) is 5.23. The fraction of sp³-hybridized carbons (Fsp3) is 0.231. The largest absolute Gasteiger partial charge is 0.369 e. The molecular weight excluding hydrogens is 423 g/mol. The van der Waals surface area contributed by atoms with Crippen LogP contribution in [0.5, 0.6) is 0 Å². The highest BCUT2D eigenvalue weighted by molar-refractivity contribution is 8.18. The first-order valence-corrected chi connectivity index (χ1v) is 11.7. The van der Waals surface area contributed by atoms with Crippen molar-refractivity contribution in [3.05, 3.63) is 82.5 Å². The van der Waals surface area contributed by atoms with Gasteiger partial charge in [-0.1, -0.05) is 48.5 Å². The molecule has 2 saturated heterocycles. The number of piperidine rings is 1. The molecule has 0 spiro atoms. The molecule has 3 aromatic carbocycles. The highest BCUT2D eigenvalue weighted by Crippen LogP contribution is 2.35. The normalized spacial score (nSPS) is 18.2. The summed E-state index contributed by atoms with van der Waals surface area (Å²) in [5.41, 5.74) is 2.11. The van der Waals surface area contributed by atoms with E-state index in [-0.39, 0.29) is 23.5 Å². The molecular formula is C26H23FN2O2S. The van der Waals surface area contributed by atoms with E-state index in [4.69, 9.17) is 0 Å². The monoisotopic (exact) mass is 446 g/mol. The van der Waals surface area contributed by atoms with Crippen LogP contribution < -0.4 is 4.90 Å². The summed E-state index contributed by atoms with van der Waals surface area (Å²) in [7, 11) is 0. The lowest BCUT2D eigenvalue weighted by Crippen LogP contribution is -2.30. The van der Waals surface area contributed by atoms with E-state index in [1.54, 1.807) is 12.1 Å². The van der Waals surface area contributed by atoms with E-state index in [0.717, 1.165) is 54.0 Å². The molecule has 0 unspecified atom stereocenters. The number of anilines is 1. The Balaban J connectivity index is 1.37. The van der Waals surface area contributed by atoms with Crippen molar-refractivity contribution in [3.63, 3.8) is 0 Å². The molecule has 162 valence electrons. The Labute approximate surface area is 190 Å². The van der Waals surface area contributed by atoms with Crippen molar-refractivity contribution in [2.45, 2.75) is 25.8 Å². The van der Waals surface area contributed by atoms with Crippen molar-refractivity contribution in [2.75, 3.05) is 18.0 Å². The van der Waals surface area contributed by atoms with Crippen molar-refractivity contribution >= 4 is 45.4 Å². The van der Waals surface area contributed by atoms with Crippen LogP contribution in [0.15, 0.2) is 65.6 Å². The lowest BCUT2D eigenvalue weighted by molar-refractivity contribution is -0.123. The number of hydrogen-bond donors (Lipinski definition) is 0. The molecule has 0 aliphatic carbocycles. The highest BCUT2D eigenvalue weighted by Gasteiger charge is 2.35. The molecule has 2 aliphatic rings. The van der Waals surface area contributed by atoms with Gasteiger partial charge in [-0.2, -0.15) is 0 Å². The zero-order chi connectivity index (χ0) is 22.1. The van der Waals surface area contributed by atoms with Gasteiger partial charge in [-0.3, -0.25) is 14.5 Å². The second kappa shape index (κ2) is 8.79. The fourth-order valence-electron chi connectivity index (χ4n) is 4.39. The van der Waals surface area contributed by atoms with Crippen molar-refractivity contribution < 1.29 is 14.0 Å². The Bertz CT molecular complexity index is 1230. The quantitative estimate of drug-likeness (QED) is 0.447. The standard InChI is InChI=1S/C26H23FN2O2S/c27-22-15-18(11-12-23(22)28-13-4-1-5-14-28)16-24-25(30)29(26(31)32-24)17-20-9-6-8-19-7-2-3-10-21(19)20/h2-3,6-12,15-16H,1,4-5,13-14,17H2/b24-16+. The molecule has 32 heavy (non-hydrogen) atoms. The van der Waals surface area contributed by atoms with Gasteiger partial charge in [-0.25, -0.2) is 4.39 Å². The Morgan fingerprint density at radius 3 is 2.53 bits per heavy atom. The summed E-state index contributed by atoms with van der Waals surface area (Å²) < 4.78 is 14.8. The van der Waals surface area contributed by atoms with Gasteiger partial charge in [-0.15, -0.1) is 0 Å². The third kappa shape index (κ3) is 4.02. The zero-order valence-electron chi connectivity index (χ0n) is 17.6. The first kappa shape index (κ1) is 20.8. The minimum atomic E-state index is -0.339. The van der Waals surface area contributed by atoms with Gasteiger partial charge in [0, 0.05) is 13.1 Å². The highest BCUT2D eigenvalue weighted by atomic mass is 32.2. The number of carbonyl (C=O) groups is 2.